The Labute approximate surface area is 180 Å². The van der Waals surface area contributed by atoms with Crippen LogP contribution in [0.4, 0.5) is 5.69 Å². The summed E-state index contributed by atoms with van der Waals surface area (Å²) >= 11 is 0. The molecule has 2 aliphatic rings. The van der Waals surface area contributed by atoms with Crippen LogP contribution in [0, 0.1) is 0 Å². The van der Waals surface area contributed by atoms with Gasteiger partial charge in [-0.25, -0.2) is 8.42 Å². The molecule has 5 rings (SSSR count). The van der Waals surface area contributed by atoms with Gasteiger partial charge in [0.2, 0.25) is 11.8 Å². The van der Waals surface area contributed by atoms with Crippen LogP contribution in [-0.4, -0.2) is 48.1 Å². The van der Waals surface area contributed by atoms with Gasteiger partial charge in [-0.2, -0.15) is 0 Å². The van der Waals surface area contributed by atoms with E-state index in [-0.39, 0.29) is 34.6 Å². The van der Waals surface area contributed by atoms with E-state index in [0.29, 0.717) is 11.0 Å². The van der Waals surface area contributed by atoms with Crippen molar-refractivity contribution < 1.29 is 32.1 Å². The first-order chi connectivity index (χ1) is 15.2. The summed E-state index contributed by atoms with van der Waals surface area (Å²) in [6, 6.07) is 7.03. The van der Waals surface area contributed by atoms with E-state index in [9.17, 15) is 27.6 Å². The van der Waals surface area contributed by atoms with Crippen molar-refractivity contribution in [3.8, 4) is 0 Å². The second-order valence-corrected chi connectivity index (χ2v) is 9.02. The molecule has 0 radical (unpaired) electrons. The molecule has 1 atom stereocenters. The van der Waals surface area contributed by atoms with Crippen molar-refractivity contribution in [2.75, 3.05) is 4.72 Å². The molecule has 0 spiro atoms. The van der Waals surface area contributed by atoms with E-state index in [4.69, 9.17) is 4.52 Å². The number of nitrogens with zero attached hydrogens (tertiary/aromatic N) is 2. The van der Waals surface area contributed by atoms with Crippen LogP contribution in [0.5, 0.6) is 0 Å². The highest BCUT2D eigenvalue weighted by Crippen LogP contribution is 2.30. The predicted molar refractivity (Wildman–Crippen MR) is 108 cm³/mol. The first kappa shape index (κ1) is 19.9. The van der Waals surface area contributed by atoms with E-state index >= 15 is 0 Å². The van der Waals surface area contributed by atoms with Crippen molar-refractivity contribution in [2.45, 2.75) is 23.8 Å². The molecule has 2 aromatic carbocycles. The molecule has 32 heavy (non-hydrogen) atoms. The number of carbonyl (C=O) groups excluding carboxylic acids is 4. The molecule has 3 heterocycles. The number of fused-ring (bicyclic) bond motifs is 2. The Morgan fingerprint density at radius 1 is 1.03 bits per heavy atom. The first-order valence-electron chi connectivity index (χ1n) is 9.47. The number of amides is 4. The number of nitrogens with one attached hydrogen (secondary N) is 2. The quantitative estimate of drug-likeness (QED) is 0.554. The molecule has 12 heteroatoms. The lowest BCUT2D eigenvalue weighted by atomic mass is 10.0. The van der Waals surface area contributed by atoms with Crippen molar-refractivity contribution >= 4 is 50.3 Å². The summed E-state index contributed by atoms with van der Waals surface area (Å²) in [6.07, 6.45) is 1.42. The Morgan fingerprint density at radius 3 is 2.59 bits per heavy atom. The Balaban J connectivity index is 1.43. The third-order valence-corrected chi connectivity index (χ3v) is 6.71. The molecule has 2 aliphatic heterocycles. The van der Waals surface area contributed by atoms with Crippen molar-refractivity contribution in [2.24, 2.45) is 0 Å². The molecule has 0 saturated carbocycles. The molecule has 0 bridgehead atoms. The van der Waals surface area contributed by atoms with E-state index in [0.717, 1.165) is 4.90 Å². The minimum atomic E-state index is -4.01. The lowest BCUT2D eigenvalue weighted by Gasteiger charge is -2.27. The molecule has 162 valence electrons. The summed E-state index contributed by atoms with van der Waals surface area (Å²) in [7, 11) is -4.01. The minimum Gasteiger partial charge on any atom is -0.356 e. The summed E-state index contributed by atoms with van der Waals surface area (Å²) in [5.74, 6) is -2.59. The average Bonchev–Trinajstić information content (AvgIpc) is 3.31. The average molecular weight is 454 g/mol. The predicted octanol–water partition coefficient (Wildman–Crippen LogP) is 1.03. The van der Waals surface area contributed by atoms with Gasteiger partial charge in [-0.3, -0.25) is 34.1 Å². The van der Waals surface area contributed by atoms with Crippen molar-refractivity contribution in [3.63, 3.8) is 0 Å². The number of benzene rings is 2. The highest BCUT2D eigenvalue weighted by Gasteiger charge is 2.44. The molecule has 1 saturated heterocycles. The van der Waals surface area contributed by atoms with Crippen LogP contribution in [0.2, 0.25) is 0 Å². The number of piperidine rings is 1. The third-order valence-electron chi connectivity index (χ3n) is 5.33. The number of carbonyl (C=O) groups is 4. The van der Waals surface area contributed by atoms with Crippen LogP contribution in [0.1, 0.15) is 33.6 Å². The van der Waals surface area contributed by atoms with Crippen LogP contribution in [0.15, 0.2) is 52.0 Å². The summed E-state index contributed by atoms with van der Waals surface area (Å²) in [5, 5.41) is 6.23. The van der Waals surface area contributed by atoms with Gasteiger partial charge in [0.15, 0.2) is 5.58 Å². The molecule has 0 aliphatic carbocycles. The topological polar surface area (TPSA) is 156 Å². The summed E-state index contributed by atoms with van der Waals surface area (Å²) in [4.78, 5) is 49.9. The Hall–Kier alpha value is -4.06. The zero-order valence-corrected chi connectivity index (χ0v) is 17.0. The van der Waals surface area contributed by atoms with E-state index in [1.807, 2.05) is 0 Å². The van der Waals surface area contributed by atoms with Gasteiger partial charge in [-0.1, -0.05) is 5.16 Å². The number of sulfonamides is 1. The fourth-order valence-corrected chi connectivity index (χ4v) is 4.85. The summed E-state index contributed by atoms with van der Waals surface area (Å²) < 4.78 is 32.9. The van der Waals surface area contributed by atoms with E-state index in [1.54, 1.807) is 0 Å². The second kappa shape index (κ2) is 6.99. The van der Waals surface area contributed by atoms with Gasteiger partial charge in [0, 0.05) is 17.5 Å². The van der Waals surface area contributed by atoms with E-state index < -0.39 is 39.7 Å². The second-order valence-electron chi connectivity index (χ2n) is 7.34. The first-order valence-corrected chi connectivity index (χ1v) is 11.0. The maximum absolute atomic E-state index is 12.9. The van der Waals surface area contributed by atoms with Gasteiger partial charge in [-0.05, 0) is 42.8 Å². The number of rotatable bonds is 4. The minimum absolute atomic E-state index is 0.00535. The monoisotopic (exact) mass is 454 g/mol. The number of imide groups is 2. The summed E-state index contributed by atoms with van der Waals surface area (Å²) in [6.45, 7) is 0. The van der Waals surface area contributed by atoms with Crippen LogP contribution >= 0.6 is 0 Å². The van der Waals surface area contributed by atoms with Crippen LogP contribution in [0.25, 0.3) is 11.0 Å². The van der Waals surface area contributed by atoms with Gasteiger partial charge in [-0.15, -0.1) is 0 Å². The van der Waals surface area contributed by atoms with E-state index in [2.05, 4.69) is 15.2 Å². The van der Waals surface area contributed by atoms with Gasteiger partial charge >= 0.3 is 0 Å². The van der Waals surface area contributed by atoms with Crippen LogP contribution in [-0.2, 0) is 19.6 Å². The zero-order chi connectivity index (χ0) is 22.6. The van der Waals surface area contributed by atoms with Gasteiger partial charge < -0.3 is 4.52 Å². The number of anilines is 1. The Bertz CT molecular complexity index is 1440. The van der Waals surface area contributed by atoms with Crippen molar-refractivity contribution in [1.29, 1.82) is 0 Å². The highest BCUT2D eigenvalue weighted by atomic mass is 32.2. The molecule has 3 aromatic rings. The van der Waals surface area contributed by atoms with Gasteiger partial charge in [0.1, 0.15) is 6.04 Å². The van der Waals surface area contributed by atoms with Crippen molar-refractivity contribution in [3.05, 3.63) is 53.7 Å². The number of hydrogen-bond donors (Lipinski definition) is 2. The molecular formula is C20H14N4O7S. The maximum Gasteiger partial charge on any atom is 0.262 e. The van der Waals surface area contributed by atoms with E-state index in [1.165, 1.54) is 42.6 Å². The van der Waals surface area contributed by atoms with Crippen LogP contribution < -0.4 is 10.0 Å². The Morgan fingerprint density at radius 2 is 1.81 bits per heavy atom. The van der Waals surface area contributed by atoms with Crippen molar-refractivity contribution in [1.82, 2.24) is 15.4 Å². The lowest BCUT2D eigenvalue weighted by molar-refractivity contribution is -0.136. The highest BCUT2D eigenvalue weighted by molar-refractivity contribution is 7.92. The van der Waals surface area contributed by atoms with Gasteiger partial charge in [0.05, 0.1) is 22.2 Å². The zero-order valence-electron chi connectivity index (χ0n) is 16.2. The molecule has 1 aromatic heterocycles. The molecule has 1 fully saturated rings. The molecule has 2 N–H and O–H groups in total. The van der Waals surface area contributed by atoms with Crippen LogP contribution in [0.3, 0.4) is 0 Å². The molecule has 11 nitrogen and oxygen atoms in total. The number of aromatic nitrogens is 1. The molecular weight excluding hydrogens is 440 g/mol. The largest absolute Gasteiger partial charge is 0.356 e. The molecule has 4 amide bonds. The smallest absolute Gasteiger partial charge is 0.262 e. The maximum atomic E-state index is 12.9. The SMILES string of the molecule is O=C1CCC(N2C(=O)c3ccc(NS(=O)(=O)c4ccc5oncc5c4)cc3C2=O)C(=O)N1. The van der Waals surface area contributed by atoms with Gasteiger partial charge in [0.25, 0.3) is 21.8 Å². The molecule has 1 unspecified atom stereocenters. The number of hydrogen-bond acceptors (Lipinski definition) is 8. The third kappa shape index (κ3) is 3.12. The Kier molecular flexibility index (Phi) is 4.34. The fraction of sp³-hybridized carbons (Fsp3) is 0.150. The standard InChI is InChI=1S/C20H14N4O7S/c25-17-6-4-15(18(26)22-17)24-19(27)13-3-1-11(8-14(13)20(24)28)23-32(29,30)12-2-5-16-10(7-12)9-21-31-16/h1-3,5,7-9,15,23H,4,6H2,(H,22,25,26). The lowest BCUT2D eigenvalue weighted by Crippen LogP contribution is -2.54. The fourth-order valence-electron chi connectivity index (χ4n) is 3.77. The normalized spacial score (nSPS) is 18.8. The summed E-state index contributed by atoms with van der Waals surface area (Å²) in [5.41, 5.74) is 0.516.